The van der Waals surface area contributed by atoms with Crippen molar-refractivity contribution in [2.45, 2.75) is 32.4 Å². The first-order chi connectivity index (χ1) is 12.6. The fourth-order valence-corrected chi connectivity index (χ4v) is 3.09. The lowest BCUT2D eigenvalue weighted by Gasteiger charge is -2.19. The van der Waals surface area contributed by atoms with Crippen LogP contribution in [0.15, 0.2) is 36.4 Å². The van der Waals surface area contributed by atoms with Crippen molar-refractivity contribution in [1.29, 1.82) is 0 Å². The lowest BCUT2D eigenvalue weighted by atomic mass is 10.1. The lowest BCUT2D eigenvalue weighted by Crippen LogP contribution is -2.33. The van der Waals surface area contributed by atoms with Crippen molar-refractivity contribution in [3.05, 3.63) is 53.3 Å². The Morgan fingerprint density at radius 2 is 2.15 bits per heavy atom. The molecule has 0 bridgehead atoms. The van der Waals surface area contributed by atoms with Gasteiger partial charge in [-0.05, 0) is 25.3 Å². The van der Waals surface area contributed by atoms with E-state index >= 15 is 0 Å². The highest BCUT2D eigenvalue weighted by Crippen LogP contribution is 2.12. The maximum atomic E-state index is 12.8. The Labute approximate surface area is 152 Å². The number of carbonyl (C=O) groups is 2. The minimum atomic E-state index is -0.712. The molecular weight excluding hydrogens is 332 g/mol. The summed E-state index contributed by atoms with van der Waals surface area (Å²) in [6.07, 6.45) is 1.05. The minimum absolute atomic E-state index is 0.187. The van der Waals surface area contributed by atoms with E-state index in [1.807, 2.05) is 25.1 Å². The number of β-amino-alcohol motifs (C(OH)–C–C–N with tert-alkyl or cyclic N) is 1. The van der Waals surface area contributed by atoms with E-state index in [2.05, 4.69) is 22.5 Å². The molecule has 0 fully saturated rings. The molecule has 1 aliphatic heterocycles. The molecule has 1 aromatic heterocycles. The zero-order chi connectivity index (χ0) is 18.5. The average molecular weight is 356 g/mol. The van der Waals surface area contributed by atoms with Crippen LogP contribution >= 0.6 is 0 Å². The van der Waals surface area contributed by atoms with Crippen molar-refractivity contribution in [2.75, 3.05) is 19.6 Å². The van der Waals surface area contributed by atoms with Gasteiger partial charge in [-0.25, -0.2) is 0 Å². The van der Waals surface area contributed by atoms with Crippen LogP contribution in [0.4, 0.5) is 0 Å². The van der Waals surface area contributed by atoms with E-state index in [-0.39, 0.29) is 30.6 Å². The van der Waals surface area contributed by atoms with Gasteiger partial charge in [-0.2, -0.15) is 5.10 Å². The third-order valence-electron chi connectivity index (χ3n) is 4.52. The summed E-state index contributed by atoms with van der Waals surface area (Å²) >= 11 is 0. The molecule has 0 saturated heterocycles. The van der Waals surface area contributed by atoms with Gasteiger partial charge in [-0.15, -0.1) is 0 Å². The second kappa shape index (κ2) is 8.14. The molecule has 0 aliphatic carbocycles. The average Bonchev–Trinajstić information content (AvgIpc) is 3.02. The van der Waals surface area contributed by atoms with Gasteiger partial charge in [0.15, 0.2) is 5.69 Å². The highest BCUT2D eigenvalue weighted by atomic mass is 16.3. The van der Waals surface area contributed by atoms with Gasteiger partial charge in [-0.1, -0.05) is 30.3 Å². The van der Waals surface area contributed by atoms with Crippen molar-refractivity contribution in [2.24, 2.45) is 0 Å². The molecule has 2 amide bonds. The molecule has 0 saturated carbocycles. The van der Waals surface area contributed by atoms with Gasteiger partial charge in [-0.3, -0.25) is 14.3 Å². The molecular formula is C19H24N4O3. The Kier molecular flexibility index (Phi) is 5.68. The number of rotatable bonds is 6. The van der Waals surface area contributed by atoms with Gasteiger partial charge in [0.05, 0.1) is 12.6 Å². The van der Waals surface area contributed by atoms with Crippen molar-refractivity contribution >= 4 is 11.8 Å². The molecule has 138 valence electrons. The number of hydrogen-bond acceptors (Lipinski definition) is 4. The normalized spacial score (nSPS) is 16.5. The molecule has 2 aromatic rings. The van der Waals surface area contributed by atoms with Crippen LogP contribution in [0.5, 0.6) is 0 Å². The predicted molar refractivity (Wildman–Crippen MR) is 96.9 cm³/mol. The van der Waals surface area contributed by atoms with Crippen molar-refractivity contribution in [3.63, 3.8) is 0 Å². The van der Waals surface area contributed by atoms with Crippen molar-refractivity contribution in [3.8, 4) is 0 Å². The largest absolute Gasteiger partial charge is 0.389 e. The van der Waals surface area contributed by atoms with Crippen molar-refractivity contribution in [1.82, 2.24) is 20.0 Å². The first-order valence-corrected chi connectivity index (χ1v) is 8.95. The van der Waals surface area contributed by atoms with Crippen LogP contribution < -0.4 is 5.32 Å². The second-order valence-corrected chi connectivity index (χ2v) is 6.43. The van der Waals surface area contributed by atoms with E-state index in [0.29, 0.717) is 18.8 Å². The number of aromatic nitrogens is 2. The van der Waals surface area contributed by atoms with Gasteiger partial charge >= 0.3 is 0 Å². The number of amides is 2. The Morgan fingerprint density at radius 1 is 1.38 bits per heavy atom. The molecule has 3 rings (SSSR count). The van der Waals surface area contributed by atoms with Crippen LogP contribution in [0.2, 0.25) is 0 Å². The third kappa shape index (κ3) is 4.11. The number of nitrogens with one attached hydrogen (secondary N) is 1. The van der Waals surface area contributed by atoms with Crippen molar-refractivity contribution < 1.29 is 14.7 Å². The Balaban J connectivity index is 1.66. The molecule has 1 aromatic carbocycles. The molecule has 7 heteroatoms. The molecule has 2 N–H and O–H groups in total. The maximum Gasteiger partial charge on any atom is 0.274 e. The lowest BCUT2D eigenvalue weighted by molar-refractivity contribution is 0.0754. The standard InChI is InChI=1S/C19H24N4O3/c1-2-22(10-6-9-14-7-4-3-5-8-14)19(26)16-11-17-18(25)20-12-15(24)13-23(17)21-16/h3-5,7-8,11,15,24H,2,6,9-10,12-13H2,1H3,(H,20,25)/t15-/m1/s1. The molecule has 1 aliphatic rings. The van der Waals surface area contributed by atoms with Gasteiger partial charge in [0.1, 0.15) is 5.69 Å². The van der Waals surface area contributed by atoms with Gasteiger partial charge in [0.25, 0.3) is 11.8 Å². The van der Waals surface area contributed by atoms with Crippen LogP contribution in [0, 0.1) is 0 Å². The van der Waals surface area contributed by atoms with E-state index in [1.54, 1.807) is 4.90 Å². The highest BCUT2D eigenvalue weighted by Gasteiger charge is 2.25. The first-order valence-electron chi connectivity index (χ1n) is 8.95. The number of aliphatic hydroxyl groups is 1. The van der Waals surface area contributed by atoms with E-state index in [0.717, 1.165) is 12.8 Å². The number of hydrogen-bond donors (Lipinski definition) is 2. The highest BCUT2D eigenvalue weighted by molar-refractivity contribution is 5.98. The first kappa shape index (κ1) is 18.1. The smallest absolute Gasteiger partial charge is 0.274 e. The summed E-state index contributed by atoms with van der Waals surface area (Å²) < 4.78 is 1.41. The summed E-state index contributed by atoms with van der Waals surface area (Å²) in [6.45, 7) is 3.51. The summed E-state index contributed by atoms with van der Waals surface area (Å²) in [6, 6.07) is 11.7. The fraction of sp³-hybridized carbons (Fsp3) is 0.421. The zero-order valence-corrected chi connectivity index (χ0v) is 14.9. The monoisotopic (exact) mass is 356 g/mol. The second-order valence-electron chi connectivity index (χ2n) is 6.43. The summed E-state index contributed by atoms with van der Waals surface area (Å²) in [7, 11) is 0. The molecule has 26 heavy (non-hydrogen) atoms. The quantitative estimate of drug-likeness (QED) is 0.811. The van der Waals surface area contributed by atoms with Gasteiger partial charge < -0.3 is 15.3 Å². The molecule has 1 atom stereocenters. The zero-order valence-electron chi connectivity index (χ0n) is 14.9. The molecule has 0 radical (unpaired) electrons. The van der Waals surface area contributed by atoms with Gasteiger partial charge in [0, 0.05) is 25.7 Å². The number of fused-ring (bicyclic) bond motifs is 1. The Bertz CT molecular complexity index is 772. The molecule has 0 spiro atoms. The van der Waals surface area contributed by atoms with E-state index in [1.165, 1.54) is 16.3 Å². The summed E-state index contributed by atoms with van der Waals surface area (Å²) in [4.78, 5) is 26.5. The summed E-state index contributed by atoms with van der Waals surface area (Å²) in [5, 5.41) is 16.7. The Hall–Kier alpha value is -2.67. The van der Waals surface area contributed by atoms with Crippen LogP contribution in [-0.2, 0) is 13.0 Å². The topological polar surface area (TPSA) is 87.5 Å². The summed E-state index contributed by atoms with van der Waals surface area (Å²) in [5.74, 6) is -0.511. The number of nitrogens with zero attached hydrogens (tertiary/aromatic N) is 3. The molecule has 0 unspecified atom stereocenters. The van der Waals surface area contributed by atoms with E-state index < -0.39 is 6.10 Å². The number of carbonyl (C=O) groups excluding carboxylic acids is 2. The number of aliphatic hydroxyl groups excluding tert-OH is 1. The van der Waals surface area contributed by atoms with Crippen LogP contribution in [0.25, 0.3) is 0 Å². The van der Waals surface area contributed by atoms with Gasteiger partial charge in [0.2, 0.25) is 0 Å². The predicted octanol–water partition coefficient (Wildman–Crippen LogP) is 1.08. The van der Waals surface area contributed by atoms with E-state index in [9.17, 15) is 14.7 Å². The number of aryl methyl sites for hydroxylation is 1. The fourth-order valence-electron chi connectivity index (χ4n) is 3.09. The van der Waals surface area contributed by atoms with E-state index in [4.69, 9.17) is 0 Å². The third-order valence-corrected chi connectivity index (χ3v) is 4.52. The van der Waals surface area contributed by atoms with Crippen LogP contribution in [0.1, 0.15) is 39.9 Å². The summed E-state index contributed by atoms with van der Waals surface area (Å²) in [5.41, 5.74) is 1.80. The maximum absolute atomic E-state index is 12.8. The number of benzene rings is 1. The Morgan fingerprint density at radius 3 is 2.88 bits per heavy atom. The SMILES string of the molecule is CCN(CCCc1ccccc1)C(=O)c1cc2n(n1)C[C@H](O)CNC2=O. The van der Waals surface area contributed by atoms with Crippen LogP contribution in [0.3, 0.4) is 0 Å². The minimum Gasteiger partial charge on any atom is -0.389 e. The molecule has 7 nitrogen and oxygen atoms in total. The molecule has 2 heterocycles. The van der Waals surface area contributed by atoms with Crippen LogP contribution in [-0.4, -0.2) is 57.3 Å².